The molecule has 1 heterocycles. The number of aromatic amines is 1. The van der Waals surface area contributed by atoms with Crippen molar-refractivity contribution in [2.24, 2.45) is 0 Å². The van der Waals surface area contributed by atoms with E-state index in [-0.39, 0.29) is 11.4 Å². The van der Waals surface area contributed by atoms with Crippen molar-refractivity contribution in [3.05, 3.63) is 70.0 Å². The molecule has 0 bridgehead atoms. The van der Waals surface area contributed by atoms with E-state index in [9.17, 15) is 15.2 Å². The Balaban J connectivity index is 1.83. The lowest BCUT2D eigenvalue weighted by atomic mass is 10.2. The van der Waals surface area contributed by atoms with Crippen LogP contribution in [-0.4, -0.2) is 25.2 Å². The van der Waals surface area contributed by atoms with E-state index >= 15 is 0 Å². The van der Waals surface area contributed by atoms with Crippen LogP contribution in [0.3, 0.4) is 0 Å². The maximum absolute atomic E-state index is 10.7. The predicted molar refractivity (Wildman–Crippen MR) is 85.5 cm³/mol. The summed E-state index contributed by atoms with van der Waals surface area (Å²) in [5.74, 6) is 0.956. The smallest absolute Gasteiger partial charge is 0.270 e. The van der Waals surface area contributed by atoms with Gasteiger partial charge in [0.25, 0.3) is 5.69 Å². The molecule has 3 rings (SSSR count). The number of phenols is 1. The number of aromatic hydroxyl groups is 1. The van der Waals surface area contributed by atoms with Gasteiger partial charge in [0, 0.05) is 12.1 Å². The quantitative estimate of drug-likeness (QED) is 0.568. The molecule has 0 atom stereocenters. The maximum Gasteiger partial charge on any atom is 0.270 e. The van der Waals surface area contributed by atoms with Crippen molar-refractivity contribution in [2.45, 2.75) is 0 Å². The van der Waals surface area contributed by atoms with Crippen molar-refractivity contribution in [1.29, 1.82) is 0 Å². The van der Waals surface area contributed by atoms with Crippen LogP contribution in [0, 0.1) is 10.1 Å². The number of aromatic nitrogens is 3. The lowest BCUT2D eigenvalue weighted by Crippen LogP contribution is -1.87. The summed E-state index contributed by atoms with van der Waals surface area (Å²) in [5.41, 5.74) is 1.23. The lowest BCUT2D eigenvalue weighted by Gasteiger charge is -1.97. The first-order chi connectivity index (χ1) is 11.1. The lowest BCUT2D eigenvalue weighted by molar-refractivity contribution is -0.384. The first-order valence-electron chi connectivity index (χ1n) is 6.77. The number of phenolic OH excluding ortho intramolecular Hbond substituents is 1. The van der Waals surface area contributed by atoms with Gasteiger partial charge in [0.15, 0.2) is 5.82 Å². The third-order valence-electron chi connectivity index (χ3n) is 3.16. The van der Waals surface area contributed by atoms with Gasteiger partial charge in [-0.1, -0.05) is 30.3 Å². The minimum Gasteiger partial charge on any atom is -0.507 e. The molecule has 0 unspecified atom stereocenters. The largest absolute Gasteiger partial charge is 0.507 e. The molecular weight excluding hydrogens is 296 g/mol. The Morgan fingerprint density at radius 2 is 1.96 bits per heavy atom. The first kappa shape index (κ1) is 14.5. The van der Waals surface area contributed by atoms with E-state index in [1.807, 2.05) is 0 Å². The summed E-state index contributed by atoms with van der Waals surface area (Å²) in [6.45, 7) is 0. The highest BCUT2D eigenvalue weighted by Crippen LogP contribution is 2.25. The minimum absolute atomic E-state index is 0.0274. The van der Waals surface area contributed by atoms with Gasteiger partial charge in [0.2, 0.25) is 0 Å². The zero-order valence-electron chi connectivity index (χ0n) is 11.9. The minimum atomic E-state index is -0.442. The fourth-order valence-corrected chi connectivity index (χ4v) is 2.05. The van der Waals surface area contributed by atoms with Crippen LogP contribution in [0.4, 0.5) is 5.69 Å². The maximum atomic E-state index is 10.7. The number of nitro groups is 1. The van der Waals surface area contributed by atoms with Crippen molar-refractivity contribution in [1.82, 2.24) is 15.2 Å². The summed E-state index contributed by atoms with van der Waals surface area (Å²) >= 11 is 0. The molecule has 114 valence electrons. The van der Waals surface area contributed by atoms with Gasteiger partial charge < -0.3 is 5.11 Å². The van der Waals surface area contributed by atoms with E-state index in [4.69, 9.17) is 0 Å². The van der Waals surface area contributed by atoms with E-state index in [2.05, 4.69) is 15.2 Å². The molecular formula is C16H12N4O3. The molecule has 0 fully saturated rings. The highest BCUT2D eigenvalue weighted by molar-refractivity contribution is 5.69. The molecule has 23 heavy (non-hydrogen) atoms. The Kier molecular flexibility index (Phi) is 3.84. The third-order valence-corrected chi connectivity index (χ3v) is 3.16. The van der Waals surface area contributed by atoms with Gasteiger partial charge in [0.1, 0.15) is 11.6 Å². The van der Waals surface area contributed by atoms with Crippen molar-refractivity contribution < 1.29 is 10.0 Å². The van der Waals surface area contributed by atoms with Gasteiger partial charge in [0.05, 0.1) is 10.5 Å². The number of nitrogens with one attached hydrogen (secondary N) is 1. The molecule has 1 aromatic heterocycles. The number of hydrogen-bond acceptors (Lipinski definition) is 5. The molecule has 2 aromatic carbocycles. The topological polar surface area (TPSA) is 105 Å². The Labute approximate surface area is 131 Å². The molecule has 7 heteroatoms. The van der Waals surface area contributed by atoms with E-state index in [1.54, 1.807) is 48.6 Å². The average Bonchev–Trinajstić information content (AvgIpc) is 3.02. The standard InChI is InChI=1S/C16H12N4O3/c21-14-7-2-1-6-13(14)16-17-15(18-19-16)9-8-11-4-3-5-12(10-11)20(22)23/h1-10,21H,(H,17,18,19)/b9-8+. The number of para-hydroxylation sites is 1. The van der Waals surface area contributed by atoms with Crippen molar-refractivity contribution in [3.63, 3.8) is 0 Å². The summed E-state index contributed by atoms with van der Waals surface area (Å²) in [7, 11) is 0. The Hall–Kier alpha value is -3.48. The van der Waals surface area contributed by atoms with E-state index in [0.29, 0.717) is 22.8 Å². The number of hydrogen-bond donors (Lipinski definition) is 2. The summed E-state index contributed by atoms with van der Waals surface area (Å²) in [6.07, 6.45) is 3.36. The molecule has 0 amide bonds. The van der Waals surface area contributed by atoms with Gasteiger partial charge in [-0.25, -0.2) is 4.98 Å². The molecule has 0 saturated heterocycles. The highest BCUT2D eigenvalue weighted by Gasteiger charge is 2.08. The number of benzene rings is 2. The molecule has 7 nitrogen and oxygen atoms in total. The Bertz CT molecular complexity index is 886. The van der Waals surface area contributed by atoms with Crippen molar-refractivity contribution >= 4 is 17.8 Å². The fraction of sp³-hybridized carbons (Fsp3) is 0. The SMILES string of the molecule is O=[N+]([O-])c1cccc(/C=C/c2nc(-c3ccccc3O)n[nH]2)c1. The van der Waals surface area contributed by atoms with Crippen LogP contribution in [0.1, 0.15) is 11.4 Å². The predicted octanol–water partition coefficient (Wildman–Crippen LogP) is 3.26. The number of nitro benzene ring substituents is 1. The van der Waals surface area contributed by atoms with Gasteiger partial charge in [-0.3, -0.25) is 15.2 Å². The molecule has 0 saturated carbocycles. The summed E-state index contributed by atoms with van der Waals surface area (Å²) in [4.78, 5) is 14.6. The first-order valence-corrected chi connectivity index (χ1v) is 6.77. The number of non-ortho nitro benzene ring substituents is 1. The normalized spacial score (nSPS) is 11.0. The molecule has 3 aromatic rings. The molecule has 0 radical (unpaired) electrons. The Morgan fingerprint density at radius 3 is 2.74 bits per heavy atom. The zero-order chi connectivity index (χ0) is 16.2. The zero-order valence-corrected chi connectivity index (χ0v) is 11.9. The van der Waals surface area contributed by atoms with Crippen LogP contribution in [0.25, 0.3) is 23.5 Å². The number of H-pyrrole nitrogens is 1. The second-order valence-corrected chi connectivity index (χ2v) is 4.75. The average molecular weight is 308 g/mol. The summed E-state index contributed by atoms with van der Waals surface area (Å²) < 4.78 is 0. The monoisotopic (exact) mass is 308 g/mol. The van der Waals surface area contributed by atoms with Crippen LogP contribution in [-0.2, 0) is 0 Å². The van der Waals surface area contributed by atoms with E-state index in [0.717, 1.165) is 0 Å². The molecule has 0 aliphatic carbocycles. The Morgan fingerprint density at radius 1 is 1.13 bits per heavy atom. The summed E-state index contributed by atoms with van der Waals surface area (Å²) in [5, 5.41) is 27.3. The van der Waals surface area contributed by atoms with E-state index < -0.39 is 4.92 Å². The fourth-order valence-electron chi connectivity index (χ4n) is 2.05. The molecule has 0 aliphatic heterocycles. The van der Waals surface area contributed by atoms with Crippen molar-refractivity contribution in [3.8, 4) is 17.1 Å². The van der Waals surface area contributed by atoms with Crippen LogP contribution in [0.5, 0.6) is 5.75 Å². The van der Waals surface area contributed by atoms with E-state index in [1.165, 1.54) is 12.1 Å². The molecule has 0 spiro atoms. The van der Waals surface area contributed by atoms with Crippen molar-refractivity contribution in [2.75, 3.05) is 0 Å². The molecule has 2 N–H and O–H groups in total. The molecule has 0 aliphatic rings. The van der Waals surface area contributed by atoms with Crippen LogP contribution < -0.4 is 0 Å². The van der Waals surface area contributed by atoms with Crippen LogP contribution in [0.2, 0.25) is 0 Å². The van der Waals surface area contributed by atoms with Crippen LogP contribution in [0.15, 0.2) is 48.5 Å². The second-order valence-electron chi connectivity index (χ2n) is 4.75. The number of nitrogens with zero attached hydrogens (tertiary/aromatic N) is 3. The highest BCUT2D eigenvalue weighted by atomic mass is 16.6. The van der Waals surface area contributed by atoms with Gasteiger partial charge in [-0.15, -0.1) is 0 Å². The van der Waals surface area contributed by atoms with Gasteiger partial charge in [-0.05, 0) is 23.8 Å². The van der Waals surface area contributed by atoms with Gasteiger partial charge >= 0.3 is 0 Å². The summed E-state index contributed by atoms with van der Waals surface area (Å²) in [6, 6.07) is 13.0. The second kappa shape index (κ2) is 6.10. The number of rotatable bonds is 4. The third kappa shape index (κ3) is 3.24. The van der Waals surface area contributed by atoms with Gasteiger partial charge in [-0.2, -0.15) is 5.10 Å². The van der Waals surface area contributed by atoms with Crippen LogP contribution >= 0.6 is 0 Å².